The zero-order valence-corrected chi connectivity index (χ0v) is 9.20. The summed E-state index contributed by atoms with van der Waals surface area (Å²) in [5, 5.41) is 17.3. The van der Waals surface area contributed by atoms with Gasteiger partial charge in [-0.15, -0.1) is 0 Å². The molecule has 0 aliphatic carbocycles. The highest BCUT2D eigenvalue weighted by Gasteiger charge is 2.08. The molecule has 5 heteroatoms. The number of pyridine rings is 1. The molecule has 0 saturated heterocycles. The van der Waals surface area contributed by atoms with Crippen LogP contribution in [-0.4, -0.2) is 16.1 Å². The van der Waals surface area contributed by atoms with Gasteiger partial charge in [0.05, 0.1) is 0 Å². The minimum Gasteiger partial charge on any atom is -0.477 e. The van der Waals surface area contributed by atoms with Gasteiger partial charge in [-0.25, -0.2) is 4.79 Å². The van der Waals surface area contributed by atoms with E-state index in [9.17, 15) is 4.79 Å². The van der Waals surface area contributed by atoms with E-state index in [0.717, 1.165) is 5.56 Å². The highest BCUT2D eigenvalue weighted by atomic mass is 16.4. The Bertz CT molecular complexity index is 636. The Hall–Kier alpha value is -2.87. The van der Waals surface area contributed by atoms with E-state index < -0.39 is 5.97 Å². The van der Waals surface area contributed by atoms with Crippen LogP contribution >= 0.6 is 0 Å². The standard InChI is InChI=1S/C13H8N2O3/c14-7-10(13(16)17)6-11-3-4-12(18-11)9-2-1-5-15-8-9/h1-6,8H,(H,16,17)/b10-6+. The van der Waals surface area contributed by atoms with E-state index in [2.05, 4.69) is 4.98 Å². The Labute approximate surface area is 103 Å². The molecule has 0 unspecified atom stereocenters. The number of carboxylic acid groups (broad SMARTS) is 1. The lowest BCUT2D eigenvalue weighted by molar-refractivity contribution is -0.132. The largest absolute Gasteiger partial charge is 0.477 e. The highest BCUT2D eigenvalue weighted by Crippen LogP contribution is 2.22. The van der Waals surface area contributed by atoms with Gasteiger partial charge in [0.1, 0.15) is 23.2 Å². The van der Waals surface area contributed by atoms with Crippen LogP contribution in [0.1, 0.15) is 5.76 Å². The first-order valence-corrected chi connectivity index (χ1v) is 5.06. The van der Waals surface area contributed by atoms with Gasteiger partial charge in [-0.1, -0.05) is 0 Å². The number of rotatable bonds is 3. The molecule has 2 aromatic heterocycles. The lowest BCUT2D eigenvalue weighted by atomic mass is 10.2. The molecule has 2 rings (SSSR count). The Morgan fingerprint density at radius 3 is 2.89 bits per heavy atom. The maximum absolute atomic E-state index is 10.7. The number of carbonyl (C=O) groups is 1. The summed E-state index contributed by atoms with van der Waals surface area (Å²) in [6, 6.07) is 8.47. The van der Waals surface area contributed by atoms with Gasteiger partial charge in [0.2, 0.25) is 0 Å². The fourth-order valence-electron chi connectivity index (χ4n) is 1.38. The van der Waals surface area contributed by atoms with Gasteiger partial charge in [-0.2, -0.15) is 5.26 Å². The maximum Gasteiger partial charge on any atom is 0.346 e. The van der Waals surface area contributed by atoms with Gasteiger partial charge >= 0.3 is 5.97 Å². The van der Waals surface area contributed by atoms with E-state index in [-0.39, 0.29) is 5.57 Å². The molecule has 0 spiro atoms. The number of carboxylic acids is 1. The summed E-state index contributed by atoms with van der Waals surface area (Å²) in [5.74, 6) is -0.401. The summed E-state index contributed by atoms with van der Waals surface area (Å²) in [5.41, 5.74) is 0.410. The van der Waals surface area contributed by atoms with Crippen molar-refractivity contribution in [3.8, 4) is 17.4 Å². The molecule has 0 atom stereocenters. The third-order valence-electron chi connectivity index (χ3n) is 2.21. The summed E-state index contributed by atoms with van der Waals surface area (Å²) < 4.78 is 5.42. The van der Waals surface area contributed by atoms with Crippen LogP contribution in [0.2, 0.25) is 0 Å². The number of aromatic nitrogens is 1. The molecule has 0 aliphatic rings. The maximum atomic E-state index is 10.7. The second kappa shape index (κ2) is 4.97. The van der Waals surface area contributed by atoms with E-state index in [1.807, 2.05) is 6.07 Å². The van der Waals surface area contributed by atoms with E-state index in [1.54, 1.807) is 36.7 Å². The number of nitriles is 1. The van der Waals surface area contributed by atoms with Crippen LogP contribution in [-0.2, 0) is 4.79 Å². The Kier molecular flexibility index (Phi) is 3.21. The van der Waals surface area contributed by atoms with Crippen molar-refractivity contribution in [1.82, 2.24) is 4.98 Å². The normalized spacial score (nSPS) is 10.9. The number of hydrogen-bond donors (Lipinski definition) is 1. The molecule has 0 aliphatic heterocycles. The van der Waals surface area contributed by atoms with Crippen molar-refractivity contribution in [2.45, 2.75) is 0 Å². The van der Waals surface area contributed by atoms with Crippen molar-refractivity contribution in [2.24, 2.45) is 0 Å². The summed E-state index contributed by atoms with van der Waals surface area (Å²) in [6.45, 7) is 0. The summed E-state index contributed by atoms with van der Waals surface area (Å²) in [7, 11) is 0. The minimum atomic E-state index is -1.28. The van der Waals surface area contributed by atoms with Crippen molar-refractivity contribution in [3.63, 3.8) is 0 Å². The topological polar surface area (TPSA) is 87.1 Å². The first-order chi connectivity index (χ1) is 8.70. The van der Waals surface area contributed by atoms with Gasteiger partial charge in [0.25, 0.3) is 0 Å². The zero-order valence-electron chi connectivity index (χ0n) is 9.20. The van der Waals surface area contributed by atoms with Crippen LogP contribution in [0.5, 0.6) is 0 Å². The van der Waals surface area contributed by atoms with Crippen LogP contribution < -0.4 is 0 Å². The molecule has 0 aromatic carbocycles. The van der Waals surface area contributed by atoms with E-state index in [4.69, 9.17) is 14.8 Å². The van der Waals surface area contributed by atoms with Gasteiger partial charge < -0.3 is 9.52 Å². The van der Waals surface area contributed by atoms with Crippen LogP contribution in [0.15, 0.2) is 46.6 Å². The van der Waals surface area contributed by atoms with Gasteiger partial charge in [-0.05, 0) is 24.3 Å². The first kappa shape index (κ1) is 11.6. The molecule has 5 nitrogen and oxygen atoms in total. The monoisotopic (exact) mass is 240 g/mol. The Morgan fingerprint density at radius 2 is 2.28 bits per heavy atom. The van der Waals surface area contributed by atoms with Crippen LogP contribution in [0, 0.1) is 11.3 Å². The molecular weight excluding hydrogens is 232 g/mol. The molecule has 0 saturated carbocycles. The fourth-order valence-corrected chi connectivity index (χ4v) is 1.38. The van der Waals surface area contributed by atoms with Crippen molar-refractivity contribution in [1.29, 1.82) is 5.26 Å². The summed E-state index contributed by atoms with van der Waals surface area (Å²) in [6.07, 6.45) is 4.46. The molecule has 2 aromatic rings. The molecule has 2 heterocycles. The van der Waals surface area contributed by atoms with Crippen LogP contribution in [0.25, 0.3) is 17.4 Å². The van der Waals surface area contributed by atoms with E-state index in [1.165, 1.54) is 6.08 Å². The van der Waals surface area contributed by atoms with E-state index >= 15 is 0 Å². The van der Waals surface area contributed by atoms with Crippen LogP contribution in [0.3, 0.4) is 0 Å². The summed E-state index contributed by atoms with van der Waals surface area (Å²) in [4.78, 5) is 14.6. The summed E-state index contributed by atoms with van der Waals surface area (Å²) >= 11 is 0. The predicted molar refractivity (Wildman–Crippen MR) is 63.2 cm³/mol. The quantitative estimate of drug-likeness (QED) is 0.657. The molecule has 0 radical (unpaired) electrons. The van der Waals surface area contributed by atoms with Crippen molar-refractivity contribution in [2.75, 3.05) is 0 Å². The number of hydrogen-bond acceptors (Lipinski definition) is 4. The predicted octanol–water partition coefficient (Wildman–Crippen LogP) is 2.33. The second-order valence-electron chi connectivity index (χ2n) is 3.42. The molecular formula is C13H8N2O3. The minimum absolute atomic E-state index is 0.313. The third kappa shape index (κ3) is 2.44. The molecule has 88 valence electrons. The fraction of sp³-hybridized carbons (Fsp3) is 0. The average molecular weight is 240 g/mol. The van der Waals surface area contributed by atoms with Crippen molar-refractivity contribution >= 4 is 12.0 Å². The number of aliphatic carboxylic acids is 1. The lowest BCUT2D eigenvalue weighted by Gasteiger charge is -1.94. The van der Waals surface area contributed by atoms with Gasteiger partial charge in [0, 0.05) is 24.0 Å². The second-order valence-corrected chi connectivity index (χ2v) is 3.42. The molecule has 18 heavy (non-hydrogen) atoms. The first-order valence-electron chi connectivity index (χ1n) is 5.06. The lowest BCUT2D eigenvalue weighted by Crippen LogP contribution is -1.96. The zero-order chi connectivity index (χ0) is 13.0. The van der Waals surface area contributed by atoms with Crippen molar-refractivity contribution in [3.05, 3.63) is 48.0 Å². The molecule has 0 amide bonds. The van der Waals surface area contributed by atoms with Crippen LogP contribution in [0.4, 0.5) is 0 Å². The van der Waals surface area contributed by atoms with Gasteiger partial charge in [-0.3, -0.25) is 4.98 Å². The molecule has 1 N–H and O–H groups in total. The number of furan rings is 1. The third-order valence-corrected chi connectivity index (χ3v) is 2.21. The molecule has 0 bridgehead atoms. The number of nitrogens with zero attached hydrogens (tertiary/aromatic N) is 2. The smallest absolute Gasteiger partial charge is 0.346 e. The highest BCUT2D eigenvalue weighted by molar-refractivity contribution is 5.96. The Balaban J connectivity index is 2.33. The average Bonchev–Trinajstić information content (AvgIpc) is 2.85. The van der Waals surface area contributed by atoms with E-state index in [0.29, 0.717) is 11.5 Å². The molecule has 0 fully saturated rings. The van der Waals surface area contributed by atoms with Crippen molar-refractivity contribution < 1.29 is 14.3 Å². The van der Waals surface area contributed by atoms with Gasteiger partial charge in [0.15, 0.2) is 0 Å². The SMILES string of the molecule is N#C/C(=C\c1ccc(-c2cccnc2)o1)C(=O)O. The Morgan fingerprint density at radius 1 is 1.44 bits per heavy atom.